The fourth-order valence-electron chi connectivity index (χ4n) is 0.450. The molecule has 0 saturated heterocycles. The Bertz CT molecular complexity index is 79.0. The summed E-state index contributed by atoms with van der Waals surface area (Å²) in [4.78, 5) is 0. The van der Waals surface area contributed by atoms with Gasteiger partial charge in [-0.1, -0.05) is 0 Å². The van der Waals surface area contributed by atoms with Crippen LogP contribution in [0.5, 0.6) is 0 Å². The van der Waals surface area contributed by atoms with E-state index in [0.29, 0.717) is 6.42 Å². The van der Waals surface area contributed by atoms with Crippen LogP contribution in [0.2, 0.25) is 0 Å². The van der Waals surface area contributed by atoms with E-state index in [4.69, 9.17) is 9.69 Å². The lowest BCUT2D eigenvalue weighted by Gasteiger charge is -1.92. The topological polar surface area (TPSA) is 33.0 Å². The molecule has 0 amide bonds. The van der Waals surface area contributed by atoms with Crippen molar-refractivity contribution in [2.24, 2.45) is 0 Å². The zero-order valence-corrected chi connectivity index (χ0v) is 7.18. The number of unbranched alkanes of at least 4 members (excludes halogenated alkanes) is 2. The van der Waals surface area contributed by atoms with E-state index in [1.54, 1.807) is 0 Å². The molecule has 46 valence electrons. The molecule has 0 aromatic carbocycles. The fourth-order valence-corrected chi connectivity index (χ4v) is 0.739. The Balaban J connectivity index is 2.65. The monoisotopic (exact) mass is 129 g/mol. The van der Waals surface area contributed by atoms with Crippen molar-refractivity contribution < 1.29 is 4.43 Å². The predicted molar refractivity (Wildman–Crippen MR) is 35.4 cm³/mol. The molecule has 0 aromatic rings. The molecular weight excluding hydrogens is 118 g/mol. The molecule has 2 nitrogen and oxygen atoms in total. The smallest absolute Gasteiger partial charge is 0.145 e. The second-order valence-electron chi connectivity index (χ2n) is 1.61. The summed E-state index contributed by atoms with van der Waals surface area (Å²) >= 11 is 0. The molecule has 3 heteroatoms. The summed E-state index contributed by atoms with van der Waals surface area (Å²) in [5.74, 6) is 0. The molecule has 0 fully saturated rings. The van der Waals surface area contributed by atoms with Crippen LogP contribution in [0.15, 0.2) is 0 Å². The standard InChI is InChI=1S/C5H11NOSi/c6-4-2-1-3-5-7-8/h1-3,5H2,8H3. The summed E-state index contributed by atoms with van der Waals surface area (Å²) < 4.78 is 4.92. The van der Waals surface area contributed by atoms with Gasteiger partial charge in [-0.15, -0.1) is 0 Å². The summed E-state index contributed by atoms with van der Waals surface area (Å²) in [5, 5.41) is 8.08. The van der Waals surface area contributed by atoms with Crippen LogP contribution in [0.1, 0.15) is 19.3 Å². The minimum Gasteiger partial charge on any atom is -0.428 e. The highest BCUT2D eigenvalue weighted by Crippen LogP contribution is 1.91. The van der Waals surface area contributed by atoms with Crippen LogP contribution >= 0.6 is 0 Å². The second kappa shape index (κ2) is 6.67. The highest BCUT2D eigenvalue weighted by molar-refractivity contribution is 5.97. The van der Waals surface area contributed by atoms with Gasteiger partial charge >= 0.3 is 0 Å². The predicted octanol–water partition coefficient (Wildman–Crippen LogP) is -0.0227. The van der Waals surface area contributed by atoms with E-state index >= 15 is 0 Å². The first kappa shape index (κ1) is 7.67. The molecule has 0 N–H and O–H groups in total. The molecule has 0 aliphatic heterocycles. The van der Waals surface area contributed by atoms with Gasteiger partial charge in [0.25, 0.3) is 0 Å². The van der Waals surface area contributed by atoms with E-state index in [9.17, 15) is 0 Å². The minimum atomic E-state index is 0.672. The van der Waals surface area contributed by atoms with Crippen molar-refractivity contribution in [1.82, 2.24) is 0 Å². The minimum absolute atomic E-state index is 0.672. The van der Waals surface area contributed by atoms with Crippen LogP contribution in [0.25, 0.3) is 0 Å². The zero-order valence-electron chi connectivity index (χ0n) is 5.18. The third kappa shape index (κ3) is 5.67. The van der Waals surface area contributed by atoms with E-state index in [1.165, 1.54) is 0 Å². The first-order valence-corrected chi connectivity index (χ1v) is 3.59. The number of rotatable bonds is 4. The molecule has 8 heavy (non-hydrogen) atoms. The summed E-state index contributed by atoms with van der Waals surface area (Å²) in [6.45, 7) is 0.841. The van der Waals surface area contributed by atoms with E-state index < -0.39 is 0 Å². The lowest BCUT2D eigenvalue weighted by Crippen LogP contribution is -1.87. The number of hydrogen-bond donors (Lipinski definition) is 0. The van der Waals surface area contributed by atoms with Gasteiger partial charge in [0.2, 0.25) is 0 Å². The summed E-state index contributed by atoms with van der Waals surface area (Å²) in [6.07, 6.45) is 2.70. The molecule has 0 spiro atoms. The third-order valence-corrected chi connectivity index (χ3v) is 1.30. The van der Waals surface area contributed by atoms with Crippen LogP contribution in [-0.4, -0.2) is 17.1 Å². The first-order chi connectivity index (χ1) is 3.91. The summed E-state index contributed by atoms with van der Waals surface area (Å²) in [6, 6.07) is 2.08. The van der Waals surface area contributed by atoms with E-state index in [1.807, 2.05) is 0 Å². The Morgan fingerprint density at radius 1 is 1.50 bits per heavy atom. The second-order valence-corrected chi connectivity index (χ2v) is 2.19. The molecule has 0 aliphatic rings. The van der Waals surface area contributed by atoms with Crippen LogP contribution in [0.3, 0.4) is 0 Å². The van der Waals surface area contributed by atoms with Gasteiger partial charge in [-0.25, -0.2) is 0 Å². The van der Waals surface area contributed by atoms with Gasteiger partial charge in [-0.2, -0.15) is 5.26 Å². The highest BCUT2D eigenvalue weighted by atomic mass is 28.2. The van der Waals surface area contributed by atoms with Crippen molar-refractivity contribution in [2.45, 2.75) is 19.3 Å². The van der Waals surface area contributed by atoms with Crippen LogP contribution in [-0.2, 0) is 4.43 Å². The summed E-state index contributed by atoms with van der Waals surface area (Å²) in [5.41, 5.74) is 0. The van der Waals surface area contributed by atoms with Crippen molar-refractivity contribution in [2.75, 3.05) is 6.61 Å². The van der Waals surface area contributed by atoms with Gasteiger partial charge in [-0.05, 0) is 12.8 Å². The van der Waals surface area contributed by atoms with Gasteiger partial charge in [0.1, 0.15) is 10.5 Å². The number of nitrogens with zero attached hydrogens (tertiary/aromatic N) is 1. The SMILES string of the molecule is N#CCCCCO[SiH3]. The molecule has 0 bridgehead atoms. The summed E-state index contributed by atoms with van der Waals surface area (Å²) in [7, 11) is 0.824. The maximum absolute atomic E-state index is 8.08. The number of hydrogen-bond acceptors (Lipinski definition) is 2. The van der Waals surface area contributed by atoms with Crippen molar-refractivity contribution >= 4 is 10.5 Å². The van der Waals surface area contributed by atoms with Crippen LogP contribution < -0.4 is 0 Å². The Labute approximate surface area is 53.0 Å². The largest absolute Gasteiger partial charge is 0.428 e. The molecule has 0 atom stereocenters. The molecular formula is C5H11NOSi. The van der Waals surface area contributed by atoms with Crippen molar-refractivity contribution in [1.29, 1.82) is 5.26 Å². The maximum atomic E-state index is 8.08. The molecule has 0 unspecified atom stereocenters. The van der Waals surface area contributed by atoms with Gasteiger partial charge < -0.3 is 4.43 Å². The van der Waals surface area contributed by atoms with Crippen molar-refractivity contribution in [3.63, 3.8) is 0 Å². The Morgan fingerprint density at radius 2 is 2.25 bits per heavy atom. The lowest BCUT2D eigenvalue weighted by atomic mass is 10.3. The molecule has 0 aliphatic carbocycles. The molecule has 0 rings (SSSR count). The van der Waals surface area contributed by atoms with Crippen molar-refractivity contribution in [3.8, 4) is 6.07 Å². The molecule has 0 aromatic heterocycles. The van der Waals surface area contributed by atoms with E-state index in [0.717, 1.165) is 29.9 Å². The molecule has 0 radical (unpaired) electrons. The molecule has 0 saturated carbocycles. The third-order valence-electron chi connectivity index (χ3n) is 0.887. The normalized spacial score (nSPS) is 8.88. The average Bonchev–Trinajstić information content (AvgIpc) is 1.81. The van der Waals surface area contributed by atoms with Crippen LogP contribution in [0, 0.1) is 11.3 Å². The first-order valence-electron chi connectivity index (χ1n) is 2.77. The quantitative estimate of drug-likeness (QED) is 0.395. The Kier molecular flexibility index (Phi) is 6.39. The van der Waals surface area contributed by atoms with Crippen LogP contribution in [0.4, 0.5) is 0 Å². The maximum Gasteiger partial charge on any atom is 0.145 e. The van der Waals surface area contributed by atoms with Crippen molar-refractivity contribution in [3.05, 3.63) is 0 Å². The van der Waals surface area contributed by atoms with E-state index in [-0.39, 0.29) is 0 Å². The van der Waals surface area contributed by atoms with Gasteiger partial charge in [0, 0.05) is 13.0 Å². The van der Waals surface area contributed by atoms with Gasteiger partial charge in [-0.3, -0.25) is 0 Å². The lowest BCUT2D eigenvalue weighted by molar-refractivity contribution is 0.337. The highest BCUT2D eigenvalue weighted by Gasteiger charge is 1.82. The van der Waals surface area contributed by atoms with Gasteiger partial charge in [0.15, 0.2) is 0 Å². The van der Waals surface area contributed by atoms with Gasteiger partial charge in [0.05, 0.1) is 6.07 Å². The van der Waals surface area contributed by atoms with E-state index in [2.05, 4.69) is 6.07 Å². The molecule has 0 heterocycles. The average molecular weight is 129 g/mol. The number of nitriles is 1. The zero-order chi connectivity index (χ0) is 6.24. The fraction of sp³-hybridized carbons (Fsp3) is 0.800. The Morgan fingerprint density at radius 3 is 2.75 bits per heavy atom. The Hall–Kier alpha value is -0.333.